The van der Waals surface area contributed by atoms with Crippen molar-refractivity contribution in [3.05, 3.63) is 10.4 Å². The topological polar surface area (TPSA) is 82.9 Å². The van der Waals surface area contributed by atoms with Crippen molar-refractivity contribution in [1.29, 1.82) is 0 Å². The lowest BCUT2D eigenvalue weighted by Gasteiger charge is -1.96. The Hall–Kier alpha value is -0.740. The Morgan fingerprint density at radius 3 is 2.64 bits per heavy atom. The second kappa shape index (κ2) is 4.98. The molecule has 5 nitrogen and oxygen atoms in total. The Morgan fingerprint density at radius 1 is 1.55 bits per heavy atom. The van der Waals surface area contributed by atoms with Gasteiger partial charge in [0.2, 0.25) is 0 Å². The normalized spacial score (nSPS) is 10.6. The van der Waals surface area contributed by atoms with Gasteiger partial charge in [0, 0.05) is 17.2 Å². The van der Waals surface area contributed by atoms with E-state index in [9.17, 15) is 8.42 Å². The van der Waals surface area contributed by atoms with E-state index in [0.29, 0.717) is 6.42 Å². The zero-order chi connectivity index (χ0) is 8.74. The van der Waals surface area contributed by atoms with Gasteiger partial charge >= 0.3 is 0 Å². The zero-order valence-corrected chi connectivity index (χ0v) is 7.21. The van der Waals surface area contributed by atoms with Gasteiger partial charge in [0.05, 0.1) is 5.75 Å². The van der Waals surface area contributed by atoms with Gasteiger partial charge in [-0.3, -0.25) is 0 Å². The lowest BCUT2D eigenvalue weighted by Crippen LogP contribution is -2.09. The van der Waals surface area contributed by atoms with E-state index in [0.717, 1.165) is 0 Å². The van der Waals surface area contributed by atoms with E-state index in [2.05, 4.69) is 10.0 Å². The largest absolute Gasteiger partial charge is 0.229 e. The number of azide groups is 1. The summed E-state index contributed by atoms with van der Waals surface area (Å²) in [5.74, 6) is 0.270. The summed E-state index contributed by atoms with van der Waals surface area (Å²) in [6, 6.07) is 0. The summed E-state index contributed by atoms with van der Waals surface area (Å²) in [6.07, 6.45) is 0.417. The Kier molecular flexibility index (Phi) is 4.65. The fourth-order valence-electron chi connectivity index (χ4n) is 0.544. The van der Waals surface area contributed by atoms with Crippen LogP contribution in [-0.4, -0.2) is 26.5 Å². The molecule has 0 saturated heterocycles. The summed E-state index contributed by atoms with van der Waals surface area (Å²) in [4.78, 5) is 2.51. The molecule has 6 heteroatoms. The van der Waals surface area contributed by atoms with Crippen molar-refractivity contribution in [2.75, 3.05) is 18.1 Å². The standard InChI is InChI=1S/C5H11N3O2S/c1-2-11(9,10)5-3-4-7-8-6/h2-5H2,1H3. The van der Waals surface area contributed by atoms with Crippen molar-refractivity contribution in [2.45, 2.75) is 13.3 Å². The van der Waals surface area contributed by atoms with Gasteiger partial charge in [0.25, 0.3) is 0 Å². The summed E-state index contributed by atoms with van der Waals surface area (Å²) < 4.78 is 21.7. The van der Waals surface area contributed by atoms with Crippen LogP contribution < -0.4 is 0 Å². The number of hydrogen-bond acceptors (Lipinski definition) is 3. The summed E-state index contributed by atoms with van der Waals surface area (Å²) in [7, 11) is -2.88. The van der Waals surface area contributed by atoms with Gasteiger partial charge in [0.15, 0.2) is 0 Å². The molecular weight excluding hydrogens is 166 g/mol. The van der Waals surface area contributed by atoms with Gasteiger partial charge in [-0.2, -0.15) is 0 Å². The molecule has 0 radical (unpaired) electrons. The maximum atomic E-state index is 10.8. The van der Waals surface area contributed by atoms with Crippen LogP contribution >= 0.6 is 0 Å². The molecular formula is C5H11N3O2S. The van der Waals surface area contributed by atoms with Crippen LogP contribution in [0.1, 0.15) is 13.3 Å². The van der Waals surface area contributed by atoms with Gasteiger partial charge in [-0.25, -0.2) is 8.42 Å². The minimum absolute atomic E-state index is 0.114. The molecule has 0 rings (SSSR count). The second-order valence-electron chi connectivity index (χ2n) is 2.04. The highest BCUT2D eigenvalue weighted by molar-refractivity contribution is 7.91. The molecule has 64 valence electrons. The second-order valence-corrected chi connectivity index (χ2v) is 4.52. The fourth-order valence-corrected chi connectivity index (χ4v) is 1.40. The predicted octanol–water partition coefficient (Wildman–Crippen LogP) is 1.12. The van der Waals surface area contributed by atoms with E-state index < -0.39 is 9.84 Å². The first kappa shape index (κ1) is 10.3. The number of nitrogens with zero attached hydrogens (tertiary/aromatic N) is 3. The van der Waals surface area contributed by atoms with E-state index >= 15 is 0 Å². The highest BCUT2D eigenvalue weighted by Crippen LogP contribution is 1.93. The van der Waals surface area contributed by atoms with E-state index in [1.54, 1.807) is 6.92 Å². The molecule has 0 aromatic rings. The molecule has 0 unspecified atom stereocenters. The minimum atomic E-state index is -2.88. The molecule has 0 heterocycles. The lowest BCUT2D eigenvalue weighted by molar-refractivity contribution is 0.595. The molecule has 0 N–H and O–H groups in total. The van der Waals surface area contributed by atoms with Crippen LogP contribution in [0.5, 0.6) is 0 Å². The van der Waals surface area contributed by atoms with Crippen molar-refractivity contribution in [3.63, 3.8) is 0 Å². The summed E-state index contributed by atoms with van der Waals surface area (Å²) in [5.41, 5.74) is 7.86. The molecule has 0 bridgehead atoms. The molecule has 0 amide bonds. The van der Waals surface area contributed by atoms with Gasteiger partial charge < -0.3 is 0 Å². The molecule has 0 atom stereocenters. The molecule has 0 aromatic heterocycles. The quantitative estimate of drug-likeness (QED) is 0.273. The summed E-state index contributed by atoms with van der Waals surface area (Å²) in [5, 5.41) is 3.23. The monoisotopic (exact) mass is 177 g/mol. The maximum absolute atomic E-state index is 10.8. The van der Waals surface area contributed by atoms with Crippen molar-refractivity contribution in [2.24, 2.45) is 5.11 Å². The molecule has 0 aliphatic heterocycles. The molecule has 11 heavy (non-hydrogen) atoms. The third-order valence-electron chi connectivity index (χ3n) is 1.22. The van der Waals surface area contributed by atoms with E-state index in [1.807, 2.05) is 0 Å². The SMILES string of the molecule is CCS(=O)(=O)CCCN=[N+]=[N-]. The first-order valence-electron chi connectivity index (χ1n) is 3.33. The van der Waals surface area contributed by atoms with Crippen LogP contribution in [0.15, 0.2) is 5.11 Å². The minimum Gasteiger partial charge on any atom is -0.229 e. The van der Waals surface area contributed by atoms with Crippen LogP contribution in [0.2, 0.25) is 0 Å². The third kappa shape index (κ3) is 5.69. The van der Waals surface area contributed by atoms with Gasteiger partial charge in [-0.15, -0.1) is 0 Å². The molecule has 0 fully saturated rings. The molecule has 0 aromatic carbocycles. The Balaban J connectivity index is 3.63. The average molecular weight is 177 g/mol. The van der Waals surface area contributed by atoms with Crippen LogP contribution in [-0.2, 0) is 9.84 Å². The van der Waals surface area contributed by atoms with Gasteiger partial charge in [-0.05, 0) is 12.0 Å². The number of hydrogen-bond donors (Lipinski definition) is 0. The molecule has 0 aliphatic carbocycles. The highest BCUT2D eigenvalue weighted by Gasteiger charge is 2.04. The molecule has 0 saturated carbocycles. The van der Waals surface area contributed by atoms with Crippen LogP contribution in [0, 0.1) is 0 Å². The van der Waals surface area contributed by atoms with E-state index in [4.69, 9.17) is 5.53 Å². The summed E-state index contributed by atoms with van der Waals surface area (Å²) >= 11 is 0. The highest BCUT2D eigenvalue weighted by atomic mass is 32.2. The average Bonchev–Trinajstić information content (AvgIpc) is 1.99. The van der Waals surface area contributed by atoms with E-state index in [-0.39, 0.29) is 18.1 Å². The molecule has 0 aliphatic rings. The zero-order valence-electron chi connectivity index (χ0n) is 6.39. The number of sulfone groups is 1. The smallest absolute Gasteiger partial charge is 0.150 e. The van der Waals surface area contributed by atoms with E-state index in [1.165, 1.54) is 0 Å². The van der Waals surface area contributed by atoms with Crippen molar-refractivity contribution in [3.8, 4) is 0 Å². The van der Waals surface area contributed by atoms with Crippen molar-refractivity contribution < 1.29 is 8.42 Å². The summed E-state index contributed by atoms with van der Waals surface area (Å²) in [6.45, 7) is 1.86. The van der Waals surface area contributed by atoms with Crippen molar-refractivity contribution >= 4 is 9.84 Å². The first-order valence-corrected chi connectivity index (χ1v) is 5.16. The number of rotatable bonds is 5. The molecule has 0 spiro atoms. The van der Waals surface area contributed by atoms with Crippen molar-refractivity contribution in [1.82, 2.24) is 0 Å². The van der Waals surface area contributed by atoms with Crippen LogP contribution in [0.25, 0.3) is 10.4 Å². The Morgan fingerprint density at radius 2 is 2.18 bits per heavy atom. The van der Waals surface area contributed by atoms with Crippen LogP contribution in [0.4, 0.5) is 0 Å². The maximum Gasteiger partial charge on any atom is 0.150 e. The fraction of sp³-hybridized carbons (Fsp3) is 1.00. The Labute approximate surface area is 66.0 Å². The first-order chi connectivity index (χ1) is 5.12. The third-order valence-corrected chi connectivity index (χ3v) is 3.01. The van der Waals surface area contributed by atoms with Crippen LogP contribution in [0.3, 0.4) is 0 Å². The lowest BCUT2D eigenvalue weighted by atomic mass is 10.5. The van der Waals surface area contributed by atoms with Gasteiger partial charge in [-0.1, -0.05) is 12.0 Å². The predicted molar refractivity (Wildman–Crippen MR) is 43.0 cm³/mol. The Bertz CT molecular complexity index is 240. The van der Waals surface area contributed by atoms with Gasteiger partial charge in [0.1, 0.15) is 9.84 Å².